The van der Waals surface area contributed by atoms with E-state index in [0.717, 1.165) is 22.5 Å². The maximum atomic E-state index is 13.2. The van der Waals surface area contributed by atoms with Crippen LogP contribution in [0.15, 0.2) is 77.3 Å². The van der Waals surface area contributed by atoms with Crippen LogP contribution in [0.3, 0.4) is 0 Å². The van der Waals surface area contributed by atoms with Crippen molar-refractivity contribution in [2.45, 2.75) is 6.92 Å². The molecule has 1 saturated heterocycles. The Morgan fingerprint density at radius 1 is 0.943 bits per heavy atom. The number of amides is 2. The quantitative estimate of drug-likeness (QED) is 0.416. The predicted molar refractivity (Wildman–Crippen MR) is 132 cm³/mol. The van der Waals surface area contributed by atoms with Gasteiger partial charge in [-0.25, -0.2) is 9.78 Å². The van der Waals surface area contributed by atoms with E-state index in [1.165, 1.54) is 0 Å². The van der Waals surface area contributed by atoms with Crippen molar-refractivity contribution in [3.63, 3.8) is 0 Å². The molecule has 4 aromatic rings. The van der Waals surface area contributed by atoms with E-state index in [9.17, 15) is 10.1 Å². The van der Waals surface area contributed by atoms with Gasteiger partial charge in [-0.2, -0.15) is 10.5 Å². The first kappa shape index (κ1) is 21.7. The normalized spacial score (nSPS) is 12.9. The number of anilines is 4. The van der Waals surface area contributed by atoms with Crippen molar-refractivity contribution in [1.82, 2.24) is 4.98 Å². The van der Waals surface area contributed by atoms with Gasteiger partial charge in [0.25, 0.3) is 6.01 Å². The van der Waals surface area contributed by atoms with Crippen LogP contribution in [0.1, 0.15) is 16.7 Å². The standard InChI is InChI=1S/C27H20N6O2/c1-18-23(31-26-30-17-25(35-26)21-10-8-19(15-28)9-11-21)6-3-7-24(18)33-13-12-32(27(33)34)22-5-2-4-20(14-22)16-29/h2-11,14,17H,12-13H2,1H3,(H,30,31). The number of aromatic nitrogens is 1. The van der Waals surface area contributed by atoms with Crippen molar-refractivity contribution in [2.75, 3.05) is 28.2 Å². The molecule has 8 nitrogen and oxygen atoms in total. The first-order chi connectivity index (χ1) is 17.1. The van der Waals surface area contributed by atoms with E-state index in [4.69, 9.17) is 9.68 Å². The highest BCUT2D eigenvalue weighted by Gasteiger charge is 2.32. The first-order valence-corrected chi connectivity index (χ1v) is 11.0. The Bertz CT molecular complexity index is 1490. The Morgan fingerprint density at radius 3 is 2.46 bits per heavy atom. The highest BCUT2D eigenvalue weighted by molar-refractivity contribution is 6.07. The lowest BCUT2D eigenvalue weighted by molar-refractivity contribution is 0.256. The molecule has 1 N–H and O–H groups in total. The molecule has 2 amide bonds. The molecule has 0 saturated carbocycles. The van der Waals surface area contributed by atoms with Gasteiger partial charge in [0.05, 0.1) is 35.1 Å². The number of nitrogens with zero attached hydrogens (tertiary/aromatic N) is 5. The third-order valence-corrected chi connectivity index (χ3v) is 5.94. The summed E-state index contributed by atoms with van der Waals surface area (Å²) in [5.74, 6) is 0.579. The van der Waals surface area contributed by atoms with Crippen LogP contribution in [0.5, 0.6) is 0 Å². The highest BCUT2D eigenvalue weighted by Crippen LogP contribution is 2.33. The molecule has 5 rings (SSSR count). The minimum atomic E-state index is -0.139. The summed E-state index contributed by atoms with van der Waals surface area (Å²) in [6.45, 7) is 2.99. The molecule has 3 aromatic carbocycles. The summed E-state index contributed by atoms with van der Waals surface area (Å²) >= 11 is 0. The molecule has 1 aliphatic rings. The Hall–Kier alpha value is -5.08. The average Bonchev–Trinajstić information content (AvgIpc) is 3.52. The molecule has 0 aliphatic carbocycles. The second-order valence-electron chi connectivity index (χ2n) is 8.04. The van der Waals surface area contributed by atoms with E-state index in [1.807, 2.05) is 43.3 Å². The molecular formula is C27H20N6O2. The predicted octanol–water partition coefficient (Wildman–Crippen LogP) is 5.58. The molecule has 0 spiro atoms. The second kappa shape index (κ2) is 9.05. The number of hydrogen-bond acceptors (Lipinski definition) is 6. The minimum Gasteiger partial charge on any atom is -0.423 e. The monoisotopic (exact) mass is 460 g/mol. The number of benzene rings is 3. The molecule has 0 atom stereocenters. The van der Waals surface area contributed by atoms with Gasteiger partial charge in [0, 0.05) is 30.0 Å². The van der Waals surface area contributed by atoms with Crippen molar-refractivity contribution in [2.24, 2.45) is 0 Å². The number of rotatable bonds is 5. The molecule has 8 heteroatoms. The summed E-state index contributed by atoms with van der Waals surface area (Å²) in [6, 6.07) is 24.2. The molecule has 1 aliphatic heterocycles. The summed E-state index contributed by atoms with van der Waals surface area (Å²) < 4.78 is 5.87. The lowest BCUT2D eigenvalue weighted by atomic mass is 10.1. The van der Waals surface area contributed by atoms with E-state index < -0.39 is 0 Å². The maximum absolute atomic E-state index is 13.2. The molecule has 2 heterocycles. The lowest BCUT2D eigenvalue weighted by Crippen LogP contribution is -2.32. The lowest BCUT2D eigenvalue weighted by Gasteiger charge is -2.21. The number of carbonyl (C=O) groups excluding carboxylic acids is 1. The second-order valence-corrected chi connectivity index (χ2v) is 8.04. The highest BCUT2D eigenvalue weighted by atomic mass is 16.4. The van der Waals surface area contributed by atoms with Gasteiger partial charge in [0.1, 0.15) is 0 Å². The fourth-order valence-corrected chi connectivity index (χ4v) is 4.08. The molecule has 0 bridgehead atoms. The molecular weight excluding hydrogens is 440 g/mol. The van der Waals surface area contributed by atoms with Gasteiger partial charge in [0.15, 0.2) is 5.76 Å². The number of hydrogen-bond donors (Lipinski definition) is 1. The zero-order valence-electron chi connectivity index (χ0n) is 18.9. The summed E-state index contributed by atoms with van der Waals surface area (Å²) in [6.07, 6.45) is 1.63. The molecule has 0 radical (unpaired) electrons. The number of carbonyl (C=O) groups is 1. The summed E-state index contributed by atoms with van der Waals surface area (Å²) in [5.41, 5.74) is 5.06. The zero-order valence-corrected chi connectivity index (χ0v) is 18.9. The van der Waals surface area contributed by atoms with Gasteiger partial charge in [-0.05, 0) is 67.1 Å². The summed E-state index contributed by atoms with van der Waals surface area (Å²) in [5, 5.41) is 21.4. The van der Waals surface area contributed by atoms with Gasteiger partial charge in [0.2, 0.25) is 0 Å². The Morgan fingerprint density at radius 2 is 1.69 bits per heavy atom. The van der Waals surface area contributed by atoms with Gasteiger partial charge >= 0.3 is 6.03 Å². The van der Waals surface area contributed by atoms with Crippen LogP contribution < -0.4 is 15.1 Å². The zero-order chi connectivity index (χ0) is 24.4. The van der Waals surface area contributed by atoms with Crippen LogP contribution in [0.4, 0.5) is 27.9 Å². The molecule has 1 aromatic heterocycles. The van der Waals surface area contributed by atoms with Crippen molar-refractivity contribution >= 4 is 29.1 Å². The van der Waals surface area contributed by atoms with Crippen LogP contribution in [-0.4, -0.2) is 24.1 Å². The Labute approximate surface area is 202 Å². The maximum Gasteiger partial charge on any atom is 0.329 e. The van der Waals surface area contributed by atoms with Crippen molar-refractivity contribution < 1.29 is 9.21 Å². The summed E-state index contributed by atoms with van der Waals surface area (Å²) in [7, 11) is 0. The molecule has 35 heavy (non-hydrogen) atoms. The summed E-state index contributed by atoms with van der Waals surface area (Å²) in [4.78, 5) is 21.0. The average molecular weight is 460 g/mol. The Balaban J connectivity index is 1.36. The van der Waals surface area contributed by atoms with Crippen LogP contribution in [-0.2, 0) is 0 Å². The number of urea groups is 1. The van der Waals surface area contributed by atoms with Gasteiger partial charge in [-0.1, -0.05) is 12.1 Å². The number of oxazole rings is 1. The van der Waals surface area contributed by atoms with Crippen LogP contribution in [0.2, 0.25) is 0 Å². The first-order valence-electron chi connectivity index (χ1n) is 11.0. The number of nitriles is 2. The third-order valence-electron chi connectivity index (χ3n) is 5.94. The topological polar surface area (TPSA) is 109 Å². The van der Waals surface area contributed by atoms with E-state index in [2.05, 4.69) is 22.4 Å². The molecule has 170 valence electrons. The fourth-order valence-electron chi connectivity index (χ4n) is 4.08. The smallest absolute Gasteiger partial charge is 0.329 e. The van der Waals surface area contributed by atoms with Crippen LogP contribution in [0.25, 0.3) is 11.3 Å². The molecule has 1 fully saturated rings. The SMILES string of the molecule is Cc1c(Nc2ncc(-c3ccc(C#N)cc3)o2)cccc1N1CCN(c2cccc(C#N)c2)C1=O. The van der Waals surface area contributed by atoms with Crippen LogP contribution >= 0.6 is 0 Å². The fraction of sp³-hybridized carbons (Fsp3) is 0.111. The van der Waals surface area contributed by atoms with E-state index in [1.54, 1.807) is 46.3 Å². The van der Waals surface area contributed by atoms with E-state index in [0.29, 0.717) is 41.7 Å². The van der Waals surface area contributed by atoms with Crippen molar-refractivity contribution in [1.29, 1.82) is 10.5 Å². The van der Waals surface area contributed by atoms with E-state index >= 15 is 0 Å². The largest absolute Gasteiger partial charge is 0.423 e. The van der Waals surface area contributed by atoms with E-state index in [-0.39, 0.29) is 6.03 Å². The van der Waals surface area contributed by atoms with Crippen molar-refractivity contribution in [3.05, 3.63) is 89.6 Å². The Kier molecular flexibility index (Phi) is 5.62. The minimum absolute atomic E-state index is 0.139. The third kappa shape index (κ3) is 4.17. The van der Waals surface area contributed by atoms with Gasteiger partial charge < -0.3 is 9.73 Å². The van der Waals surface area contributed by atoms with Gasteiger partial charge in [-0.3, -0.25) is 9.80 Å². The van der Waals surface area contributed by atoms with Crippen LogP contribution in [0, 0.1) is 29.6 Å². The van der Waals surface area contributed by atoms with Crippen molar-refractivity contribution in [3.8, 4) is 23.5 Å². The number of nitrogens with one attached hydrogen (secondary N) is 1. The van der Waals surface area contributed by atoms with Gasteiger partial charge in [-0.15, -0.1) is 0 Å². The molecule has 0 unspecified atom stereocenters.